The number of nitrogens with zero attached hydrogens (tertiary/aromatic N) is 2. The lowest BCUT2D eigenvalue weighted by Gasteiger charge is -2.03. The molecular formula is C15H15ClN2O3. The molecule has 110 valence electrons. The first-order valence-corrected chi connectivity index (χ1v) is 6.46. The molecule has 0 fully saturated rings. The number of hydrogen-bond donors (Lipinski definition) is 1. The van der Waals surface area contributed by atoms with E-state index in [0.717, 1.165) is 17.5 Å². The number of imidazole rings is 1. The van der Waals surface area contributed by atoms with Crippen molar-refractivity contribution in [3.05, 3.63) is 59.0 Å². The number of aromatic hydroxyl groups is 1. The first kappa shape index (κ1) is 15.1. The standard InChI is InChI=1S/C15H14N2O3.ClH/c1-2-16-5-6-17(10-16)9-11-7-15(19)20-14-8-12(18)3-4-13(11)14;/h3-8,10H,2,9H2,1H3;1H. The van der Waals surface area contributed by atoms with Gasteiger partial charge in [-0.2, -0.15) is 0 Å². The Morgan fingerprint density at radius 1 is 1.33 bits per heavy atom. The number of phenols is 1. The van der Waals surface area contributed by atoms with Crippen LogP contribution in [0.3, 0.4) is 0 Å². The topological polar surface area (TPSA) is 59.2 Å². The van der Waals surface area contributed by atoms with Crippen molar-refractivity contribution in [1.82, 2.24) is 4.57 Å². The molecule has 6 heteroatoms. The van der Waals surface area contributed by atoms with Crippen molar-refractivity contribution in [2.45, 2.75) is 20.0 Å². The third-order valence-corrected chi connectivity index (χ3v) is 3.28. The first-order chi connectivity index (χ1) is 9.65. The smallest absolute Gasteiger partial charge is 0.336 e. The summed E-state index contributed by atoms with van der Waals surface area (Å²) in [5, 5.41) is 10.3. The van der Waals surface area contributed by atoms with Gasteiger partial charge in [0, 0.05) is 23.1 Å². The number of rotatable bonds is 3. The van der Waals surface area contributed by atoms with Crippen LogP contribution in [0.1, 0.15) is 12.5 Å². The zero-order valence-corrected chi connectivity index (χ0v) is 12.2. The maximum Gasteiger partial charge on any atom is 0.336 e. The van der Waals surface area contributed by atoms with E-state index in [1.54, 1.807) is 12.1 Å². The van der Waals surface area contributed by atoms with E-state index in [4.69, 9.17) is 4.42 Å². The van der Waals surface area contributed by atoms with E-state index in [1.165, 1.54) is 12.1 Å². The third kappa shape index (κ3) is 3.08. The fourth-order valence-electron chi connectivity index (χ4n) is 2.27. The molecular weight excluding hydrogens is 292 g/mol. The number of halogens is 1. The van der Waals surface area contributed by atoms with E-state index in [1.807, 2.05) is 23.3 Å². The summed E-state index contributed by atoms with van der Waals surface area (Å²) in [6.07, 6.45) is 5.94. The van der Waals surface area contributed by atoms with Gasteiger partial charge >= 0.3 is 5.63 Å². The Hall–Kier alpha value is -2.27. The molecule has 0 saturated carbocycles. The highest BCUT2D eigenvalue weighted by atomic mass is 35.5. The van der Waals surface area contributed by atoms with Crippen molar-refractivity contribution in [3.63, 3.8) is 0 Å². The van der Waals surface area contributed by atoms with Crippen molar-refractivity contribution in [1.29, 1.82) is 0 Å². The number of aryl methyl sites for hydroxylation is 1. The van der Waals surface area contributed by atoms with Gasteiger partial charge in [0.1, 0.15) is 30.3 Å². The van der Waals surface area contributed by atoms with Crippen LogP contribution in [0, 0.1) is 0 Å². The summed E-state index contributed by atoms with van der Waals surface area (Å²) in [5.41, 5.74) is 0.867. The quantitative estimate of drug-likeness (QED) is 0.481. The molecule has 0 unspecified atom stereocenters. The molecule has 0 aliphatic rings. The van der Waals surface area contributed by atoms with Crippen LogP contribution in [0.2, 0.25) is 0 Å². The van der Waals surface area contributed by atoms with Crippen LogP contribution in [-0.2, 0) is 13.1 Å². The Balaban J connectivity index is 0.00000161. The highest BCUT2D eigenvalue weighted by Crippen LogP contribution is 2.21. The lowest BCUT2D eigenvalue weighted by molar-refractivity contribution is -0.687. The minimum Gasteiger partial charge on any atom is -1.00 e. The van der Waals surface area contributed by atoms with Gasteiger partial charge in [-0.05, 0) is 19.1 Å². The summed E-state index contributed by atoms with van der Waals surface area (Å²) < 4.78 is 9.18. The van der Waals surface area contributed by atoms with Gasteiger partial charge in [-0.1, -0.05) is 0 Å². The molecule has 3 aromatic rings. The highest BCUT2D eigenvalue weighted by Gasteiger charge is 2.10. The first-order valence-electron chi connectivity index (χ1n) is 6.46. The van der Waals surface area contributed by atoms with E-state index < -0.39 is 5.63 Å². The molecule has 0 radical (unpaired) electrons. The van der Waals surface area contributed by atoms with Crippen molar-refractivity contribution in [2.75, 3.05) is 0 Å². The van der Waals surface area contributed by atoms with E-state index in [0.29, 0.717) is 12.1 Å². The van der Waals surface area contributed by atoms with Crippen molar-refractivity contribution < 1.29 is 26.5 Å². The zero-order valence-electron chi connectivity index (χ0n) is 11.5. The monoisotopic (exact) mass is 306 g/mol. The predicted molar refractivity (Wildman–Crippen MR) is 73.6 cm³/mol. The Morgan fingerprint density at radius 3 is 2.86 bits per heavy atom. The number of hydrogen-bond acceptors (Lipinski definition) is 3. The third-order valence-electron chi connectivity index (χ3n) is 3.28. The summed E-state index contributed by atoms with van der Waals surface area (Å²) >= 11 is 0. The molecule has 0 amide bonds. The summed E-state index contributed by atoms with van der Waals surface area (Å²) in [5.74, 6) is 0.0857. The van der Waals surface area contributed by atoms with Crippen LogP contribution in [0.25, 0.3) is 11.0 Å². The van der Waals surface area contributed by atoms with E-state index in [9.17, 15) is 9.90 Å². The van der Waals surface area contributed by atoms with Crippen LogP contribution >= 0.6 is 0 Å². The summed E-state index contributed by atoms with van der Waals surface area (Å²) in [7, 11) is 0. The number of phenolic OH excluding ortho intramolecular Hbond substituents is 1. The highest BCUT2D eigenvalue weighted by molar-refractivity contribution is 5.81. The van der Waals surface area contributed by atoms with Crippen LogP contribution < -0.4 is 22.6 Å². The van der Waals surface area contributed by atoms with Gasteiger partial charge < -0.3 is 21.9 Å². The van der Waals surface area contributed by atoms with Gasteiger partial charge in [-0.15, -0.1) is 0 Å². The molecule has 2 aromatic heterocycles. The van der Waals surface area contributed by atoms with Gasteiger partial charge in [0.2, 0.25) is 6.33 Å². The molecule has 0 saturated heterocycles. The Bertz CT molecular complexity index is 823. The van der Waals surface area contributed by atoms with Gasteiger partial charge in [-0.3, -0.25) is 0 Å². The fourth-order valence-corrected chi connectivity index (χ4v) is 2.27. The van der Waals surface area contributed by atoms with Gasteiger partial charge in [0.05, 0.1) is 6.54 Å². The number of benzene rings is 1. The molecule has 0 aliphatic carbocycles. The molecule has 0 atom stereocenters. The van der Waals surface area contributed by atoms with E-state index >= 15 is 0 Å². The van der Waals surface area contributed by atoms with Crippen LogP contribution in [0.15, 0.2) is 52.2 Å². The normalized spacial score (nSPS) is 10.5. The van der Waals surface area contributed by atoms with Crippen LogP contribution in [-0.4, -0.2) is 9.67 Å². The molecule has 0 bridgehead atoms. The molecule has 5 nitrogen and oxygen atoms in total. The largest absolute Gasteiger partial charge is 1.00 e. The molecule has 3 rings (SSSR count). The average Bonchev–Trinajstić information content (AvgIpc) is 2.85. The maximum absolute atomic E-state index is 11.6. The summed E-state index contributed by atoms with van der Waals surface area (Å²) in [6, 6.07) is 6.31. The SMILES string of the molecule is CCn1cc[n+](Cc2cc(=O)oc3cc(O)ccc23)c1.[Cl-]. The van der Waals surface area contributed by atoms with Crippen molar-refractivity contribution in [2.24, 2.45) is 0 Å². The molecule has 2 heterocycles. The second kappa shape index (κ2) is 6.01. The van der Waals surface area contributed by atoms with Crippen molar-refractivity contribution in [3.8, 4) is 5.75 Å². The molecule has 1 N–H and O–H groups in total. The zero-order chi connectivity index (χ0) is 14.1. The predicted octanol–water partition coefficient (Wildman–Crippen LogP) is -1.34. The van der Waals surface area contributed by atoms with Crippen molar-refractivity contribution >= 4 is 11.0 Å². The maximum atomic E-state index is 11.6. The molecule has 0 spiro atoms. The second-order valence-electron chi connectivity index (χ2n) is 4.69. The molecule has 21 heavy (non-hydrogen) atoms. The van der Waals surface area contributed by atoms with Gasteiger partial charge in [0.15, 0.2) is 0 Å². The van der Waals surface area contributed by atoms with Gasteiger partial charge in [-0.25, -0.2) is 13.9 Å². The fraction of sp³-hybridized carbons (Fsp3) is 0.200. The Labute approximate surface area is 127 Å². The minimum atomic E-state index is -0.409. The summed E-state index contributed by atoms with van der Waals surface area (Å²) in [4.78, 5) is 11.6. The van der Waals surface area contributed by atoms with E-state index in [2.05, 4.69) is 11.5 Å². The second-order valence-corrected chi connectivity index (χ2v) is 4.69. The van der Waals surface area contributed by atoms with Crippen LogP contribution in [0.5, 0.6) is 5.75 Å². The lowest BCUT2D eigenvalue weighted by Crippen LogP contribution is -3.00. The molecule has 0 aliphatic heterocycles. The Morgan fingerprint density at radius 2 is 2.14 bits per heavy atom. The van der Waals surface area contributed by atoms with Gasteiger partial charge in [0.25, 0.3) is 0 Å². The average molecular weight is 307 g/mol. The summed E-state index contributed by atoms with van der Waals surface area (Å²) in [6.45, 7) is 3.55. The number of aromatic nitrogens is 2. The lowest BCUT2D eigenvalue weighted by atomic mass is 10.1. The minimum absolute atomic E-state index is 0. The number of fused-ring (bicyclic) bond motifs is 1. The molecule has 1 aromatic carbocycles. The van der Waals surface area contributed by atoms with E-state index in [-0.39, 0.29) is 18.2 Å². The van der Waals surface area contributed by atoms with Crippen LogP contribution in [0.4, 0.5) is 0 Å². The Kier molecular flexibility index (Phi) is 4.33.